The van der Waals surface area contributed by atoms with Crippen LogP contribution >= 0.6 is 0 Å². The van der Waals surface area contributed by atoms with Crippen LogP contribution in [-0.4, -0.2) is 93.8 Å². The number of nitrogens with zero attached hydrogens (tertiary/aromatic N) is 4. The highest BCUT2D eigenvalue weighted by atomic mass is 16.6. The summed E-state index contributed by atoms with van der Waals surface area (Å²) in [7, 11) is 3.01. The summed E-state index contributed by atoms with van der Waals surface area (Å²) in [6.07, 6.45) is 0.198. The monoisotopic (exact) mass is 896 g/mol. The molecular formula is C52H60N6O8. The van der Waals surface area contributed by atoms with E-state index in [1.807, 2.05) is 12.1 Å². The molecule has 2 saturated heterocycles. The standard InChI is InChI=1S/C52H60N6O8/c1-49(2,3)65-47(63)55(7)41(37-17-11-9-12-18-37)43(59)57-33-15-31-51(57,45(53)61)39-27-23-35(24-28-39)21-22-36-25-29-40(30-26-36)52(46(54)62)32-16-34-58(52)44(60)42(38-19-13-10-14-20-38)56(8)48(64)66-50(4,5)6/h9-14,17-20,23-30,41-42H,15-16,31-34H2,1-8H3,(H2,53,61)(H2,54,62)/t41-,42-,51-,52-/m0/s1. The molecule has 2 fully saturated rings. The molecule has 4 N–H and O–H groups in total. The lowest BCUT2D eigenvalue weighted by Gasteiger charge is -2.40. The Kier molecular flexibility index (Phi) is 14.0. The number of benzene rings is 4. The first-order valence-electron chi connectivity index (χ1n) is 22.1. The molecule has 0 radical (unpaired) electrons. The van der Waals surface area contributed by atoms with Gasteiger partial charge in [-0.2, -0.15) is 0 Å². The van der Waals surface area contributed by atoms with E-state index in [1.54, 1.807) is 139 Å². The van der Waals surface area contributed by atoms with Gasteiger partial charge in [-0.05, 0) is 114 Å². The molecule has 0 bridgehead atoms. The van der Waals surface area contributed by atoms with E-state index in [9.17, 15) is 28.8 Å². The second-order valence-corrected chi connectivity index (χ2v) is 18.8. The van der Waals surface area contributed by atoms with E-state index < -0.39 is 70.2 Å². The predicted octanol–water partition coefficient (Wildman–Crippen LogP) is 6.91. The van der Waals surface area contributed by atoms with Gasteiger partial charge in [-0.3, -0.25) is 29.0 Å². The minimum atomic E-state index is -1.49. The molecule has 2 heterocycles. The number of hydrogen-bond acceptors (Lipinski definition) is 8. The van der Waals surface area contributed by atoms with Crippen molar-refractivity contribution >= 4 is 35.8 Å². The maximum atomic E-state index is 14.7. The summed E-state index contributed by atoms with van der Waals surface area (Å²) in [6.45, 7) is 11.0. The summed E-state index contributed by atoms with van der Waals surface area (Å²) >= 11 is 0. The highest BCUT2D eigenvalue weighted by Crippen LogP contribution is 2.43. The lowest BCUT2D eigenvalue weighted by Crippen LogP contribution is -2.56. The zero-order chi connectivity index (χ0) is 48.2. The van der Waals surface area contributed by atoms with Crippen LogP contribution in [0.15, 0.2) is 109 Å². The molecular weight excluding hydrogens is 837 g/mol. The van der Waals surface area contributed by atoms with Crippen LogP contribution in [0.2, 0.25) is 0 Å². The topological polar surface area (TPSA) is 186 Å². The Morgan fingerprint density at radius 3 is 1.15 bits per heavy atom. The number of amides is 6. The minimum absolute atomic E-state index is 0.241. The molecule has 4 atom stereocenters. The van der Waals surface area contributed by atoms with Crippen LogP contribution in [-0.2, 0) is 39.7 Å². The first kappa shape index (κ1) is 48.3. The van der Waals surface area contributed by atoms with Gasteiger partial charge >= 0.3 is 12.2 Å². The normalized spacial score (nSPS) is 19.2. The third kappa shape index (κ3) is 9.90. The largest absolute Gasteiger partial charge is 0.444 e. The number of ether oxygens (including phenoxy) is 2. The van der Waals surface area contributed by atoms with Gasteiger partial charge in [-0.25, -0.2) is 9.59 Å². The highest BCUT2D eigenvalue weighted by Gasteiger charge is 2.54. The maximum absolute atomic E-state index is 14.7. The van der Waals surface area contributed by atoms with Crippen molar-refractivity contribution in [1.29, 1.82) is 0 Å². The molecule has 66 heavy (non-hydrogen) atoms. The first-order valence-corrected chi connectivity index (χ1v) is 22.1. The average Bonchev–Trinajstić information content (AvgIpc) is 3.93. The number of likely N-dealkylation sites (N-methyl/N-ethyl adjacent to an activating group) is 2. The van der Waals surface area contributed by atoms with Gasteiger partial charge in [0.05, 0.1) is 0 Å². The van der Waals surface area contributed by atoms with Crippen LogP contribution < -0.4 is 11.5 Å². The quantitative estimate of drug-likeness (QED) is 0.161. The van der Waals surface area contributed by atoms with Crippen molar-refractivity contribution in [2.45, 2.75) is 102 Å². The third-order valence-corrected chi connectivity index (χ3v) is 12.0. The molecule has 4 aromatic rings. The van der Waals surface area contributed by atoms with E-state index in [-0.39, 0.29) is 25.9 Å². The Bertz CT molecular complexity index is 2330. The molecule has 6 rings (SSSR count). The predicted molar refractivity (Wildman–Crippen MR) is 249 cm³/mol. The van der Waals surface area contributed by atoms with Gasteiger partial charge in [-0.1, -0.05) is 96.8 Å². The zero-order valence-corrected chi connectivity index (χ0v) is 39.0. The number of primary amides is 2. The average molecular weight is 897 g/mol. The molecule has 0 aromatic heterocycles. The fraction of sp³-hybridized carbons (Fsp3) is 0.385. The van der Waals surface area contributed by atoms with Crippen molar-refractivity contribution in [2.75, 3.05) is 27.2 Å². The van der Waals surface area contributed by atoms with E-state index >= 15 is 0 Å². The van der Waals surface area contributed by atoms with Crippen LogP contribution in [0, 0.1) is 11.8 Å². The lowest BCUT2D eigenvalue weighted by molar-refractivity contribution is -0.148. The first-order chi connectivity index (χ1) is 31.1. The van der Waals surface area contributed by atoms with E-state index in [2.05, 4.69) is 11.8 Å². The van der Waals surface area contributed by atoms with Crippen molar-refractivity contribution in [3.63, 3.8) is 0 Å². The molecule has 0 aliphatic carbocycles. The minimum Gasteiger partial charge on any atom is -0.444 e. The highest BCUT2D eigenvalue weighted by molar-refractivity contribution is 5.96. The van der Waals surface area contributed by atoms with E-state index in [0.29, 0.717) is 46.2 Å². The number of nitrogens with two attached hydrogens (primary N) is 2. The zero-order valence-electron chi connectivity index (χ0n) is 39.0. The van der Waals surface area contributed by atoms with Gasteiger partial charge in [0.15, 0.2) is 0 Å². The van der Waals surface area contributed by atoms with Crippen molar-refractivity contribution in [3.8, 4) is 11.8 Å². The fourth-order valence-corrected chi connectivity index (χ4v) is 8.94. The summed E-state index contributed by atoms with van der Waals surface area (Å²) < 4.78 is 11.3. The Hall–Kier alpha value is -7.14. The Labute approximate surface area is 387 Å². The van der Waals surface area contributed by atoms with Crippen molar-refractivity contribution in [2.24, 2.45) is 11.5 Å². The molecule has 346 valence electrons. The van der Waals surface area contributed by atoms with Crippen LogP contribution in [0.5, 0.6) is 0 Å². The molecule has 6 amide bonds. The van der Waals surface area contributed by atoms with E-state index in [4.69, 9.17) is 20.9 Å². The lowest BCUT2D eigenvalue weighted by atomic mass is 9.85. The molecule has 4 aromatic carbocycles. The van der Waals surface area contributed by atoms with E-state index in [1.165, 1.54) is 33.7 Å². The number of likely N-dealkylation sites (tertiary alicyclic amines) is 2. The van der Waals surface area contributed by atoms with Gasteiger partial charge < -0.3 is 30.7 Å². The molecule has 0 spiro atoms. The number of hydrogen-bond donors (Lipinski definition) is 2. The van der Waals surface area contributed by atoms with Crippen LogP contribution in [0.4, 0.5) is 9.59 Å². The van der Waals surface area contributed by atoms with Gasteiger partial charge in [0.1, 0.15) is 34.4 Å². The van der Waals surface area contributed by atoms with Crippen molar-refractivity contribution in [1.82, 2.24) is 19.6 Å². The van der Waals surface area contributed by atoms with Gasteiger partial charge in [0.25, 0.3) is 11.8 Å². The summed E-state index contributed by atoms with van der Waals surface area (Å²) in [6, 6.07) is 29.5. The number of carbonyl (C=O) groups is 6. The van der Waals surface area contributed by atoms with Gasteiger partial charge in [0, 0.05) is 38.3 Å². The van der Waals surface area contributed by atoms with Crippen LogP contribution in [0.3, 0.4) is 0 Å². The summed E-state index contributed by atoms with van der Waals surface area (Å²) in [5.74, 6) is 3.98. The maximum Gasteiger partial charge on any atom is 0.410 e. The second-order valence-electron chi connectivity index (χ2n) is 18.8. The fourth-order valence-electron chi connectivity index (χ4n) is 8.94. The third-order valence-electron chi connectivity index (χ3n) is 12.0. The molecule has 0 saturated carbocycles. The van der Waals surface area contributed by atoms with Gasteiger partial charge in [0.2, 0.25) is 11.8 Å². The van der Waals surface area contributed by atoms with Crippen LogP contribution in [0.25, 0.3) is 0 Å². The Morgan fingerprint density at radius 1 is 0.545 bits per heavy atom. The number of rotatable bonds is 10. The molecule has 2 aliphatic rings. The SMILES string of the molecule is CN(C(=O)OC(C)(C)C)[C@H](C(=O)N1CCC[C@@]1(C(N)=O)c1ccc(C#Cc2ccc([C@]3(C(N)=O)CCCN3C(=O)[C@H](c3ccccc3)N(C)C(=O)OC(C)(C)C)cc2)cc1)c1ccccc1. The van der Waals surface area contributed by atoms with Crippen molar-refractivity contribution in [3.05, 3.63) is 143 Å². The summed E-state index contributed by atoms with van der Waals surface area (Å²) in [5, 5.41) is 0. The number of carbonyl (C=O) groups excluding carboxylic acids is 6. The summed E-state index contributed by atoms with van der Waals surface area (Å²) in [5.41, 5.74) is 11.2. The van der Waals surface area contributed by atoms with Crippen LogP contribution in [0.1, 0.15) is 113 Å². The van der Waals surface area contributed by atoms with Crippen molar-refractivity contribution < 1.29 is 38.2 Å². The molecule has 14 nitrogen and oxygen atoms in total. The molecule has 14 heteroatoms. The van der Waals surface area contributed by atoms with Gasteiger partial charge in [-0.15, -0.1) is 0 Å². The Morgan fingerprint density at radius 2 is 0.864 bits per heavy atom. The molecule has 2 aliphatic heterocycles. The Balaban J connectivity index is 1.25. The van der Waals surface area contributed by atoms with E-state index in [0.717, 1.165) is 0 Å². The smallest absolute Gasteiger partial charge is 0.410 e. The second kappa shape index (κ2) is 19.1. The summed E-state index contributed by atoms with van der Waals surface area (Å²) in [4.78, 5) is 88.6. The molecule has 0 unspecified atom stereocenters.